The Balaban J connectivity index is -0.0000000450. The fourth-order valence-electron chi connectivity index (χ4n) is 0. The first-order valence-corrected chi connectivity index (χ1v) is 1.13. The Morgan fingerprint density at radius 3 is 1.00 bits per heavy atom. The van der Waals surface area contributed by atoms with Crippen molar-refractivity contribution in [3.63, 3.8) is 0 Å². The Hall–Kier alpha value is 1.17. The van der Waals surface area contributed by atoms with E-state index in [9.17, 15) is 0 Å². The minimum Gasteiger partial charge on any atom is -0.394 e. The Kier molecular flexibility index (Phi) is 42.9. The molecule has 0 rings (SSSR count). The van der Waals surface area contributed by atoms with Gasteiger partial charge in [-0.1, -0.05) is 0 Å². The van der Waals surface area contributed by atoms with E-state index in [1.54, 1.807) is 0 Å². The van der Waals surface area contributed by atoms with Crippen LogP contribution in [0.3, 0.4) is 0 Å². The Morgan fingerprint density at radius 1 is 0.833 bits per heavy atom. The minimum atomic E-state index is -0.125. The first-order valence-electron chi connectivity index (χ1n) is 1.13. The molecule has 0 aliphatic carbocycles. The second-order valence-corrected chi connectivity index (χ2v) is 0.447. The summed E-state index contributed by atoms with van der Waals surface area (Å²) in [4.78, 5) is 0. The molecule has 0 aromatic heterocycles. The third-order valence-electron chi connectivity index (χ3n) is 0.1000. The average Bonchev–Trinajstić information content (AvgIpc) is 1.37. The van der Waals surface area contributed by atoms with Crippen LogP contribution in [-0.4, -0.2) is 23.4 Å². The molecule has 0 bridgehead atoms. The van der Waals surface area contributed by atoms with Crippen LogP contribution in [0.15, 0.2) is 0 Å². The van der Waals surface area contributed by atoms with Crippen molar-refractivity contribution in [1.82, 2.24) is 0 Å². The van der Waals surface area contributed by atoms with Crippen molar-refractivity contribution in [3.8, 4) is 0 Å². The molecule has 0 amide bonds. The van der Waals surface area contributed by atoms with Gasteiger partial charge in [-0.05, 0) is 0 Å². The maximum atomic E-state index is 7.62. The summed E-state index contributed by atoms with van der Waals surface area (Å²) in [6.45, 7) is -0.250. The first-order chi connectivity index (χ1) is 1.91. The van der Waals surface area contributed by atoms with E-state index < -0.39 is 0 Å². The van der Waals surface area contributed by atoms with Crippen LogP contribution in [0.4, 0.5) is 0 Å². The van der Waals surface area contributed by atoms with Crippen molar-refractivity contribution in [2.45, 2.75) is 0 Å². The molecule has 42 valence electrons. The molecular formula is C2H6O2Ru2. The van der Waals surface area contributed by atoms with Crippen LogP contribution in [-0.2, 0) is 39.0 Å². The van der Waals surface area contributed by atoms with Gasteiger partial charge in [0.1, 0.15) is 0 Å². The van der Waals surface area contributed by atoms with E-state index in [-0.39, 0.29) is 52.2 Å². The van der Waals surface area contributed by atoms with Gasteiger partial charge >= 0.3 is 0 Å². The van der Waals surface area contributed by atoms with Gasteiger partial charge in [-0.15, -0.1) is 0 Å². The second kappa shape index (κ2) is 16.4. The molecule has 0 aromatic rings. The number of hydrogen-bond acceptors (Lipinski definition) is 2. The molecular weight excluding hydrogens is 258 g/mol. The van der Waals surface area contributed by atoms with Gasteiger partial charge in [-0.2, -0.15) is 0 Å². The molecule has 0 atom stereocenters. The molecule has 2 nitrogen and oxygen atoms in total. The third-order valence-corrected chi connectivity index (χ3v) is 0.1000. The molecule has 0 unspecified atom stereocenters. The summed E-state index contributed by atoms with van der Waals surface area (Å²) in [7, 11) is 0. The van der Waals surface area contributed by atoms with E-state index in [0.29, 0.717) is 0 Å². The third kappa shape index (κ3) is 19.1. The van der Waals surface area contributed by atoms with Crippen molar-refractivity contribution in [3.05, 3.63) is 0 Å². The quantitative estimate of drug-likeness (QED) is 0.594. The Bertz CT molecular complexity index is 11.5. The van der Waals surface area contributed by atoms with Crippen LogP contribution in [0.2, 0.25) is 0 Å². The molecule has 0 saturated heterocycles. The van der Waals surface area contributed by atoms with Crippen molar-refractivity contribution < 1.29 is 49.2 Å². The van der Waals surface area contributed by atoms with Crippen LogP contribution in [0, 0.1) is 0 Å². The summed E-state index contributed by atoms with van der Waals surface area (Å²) in [5, 5.41) is 15.2. The molecule has 2 N–H and O–H groups in total. The molecule has 0 heterocycles. The molecule has 0 aromatic carbocycles. The van der Waals surface area contributed by atoms with Gasteiger partial charge in [0.2, 0.25) is 0 Å². The smallest absolute Gasteiger partial charge is 0.0662 e. The summed E-state index contributed by atoms with van der Waals surface area (Å²) in [6.07, 6.45) is 0. The monoisotopic (exact) mass is 266 g/mol. The second-order valence-electron chi connectivity index (χ2n) is 0.447. The summed E-state index contributed by atoms with van der Waals surface area (Å²) in [5.41, 5.74) is 0. The van der Waals surface area contributed by atoms with Gasteiger partial charge in [-0.3, -0.25) is 0 Å². The molecule has 0 spiro atoms. The van der Waals surface area contributed by atoms with E-state index in [0.717, 1.165) is 0 Å². The average molecular weight is 264 g/mol. The standard InChI is InChI=1S/C2H6O2.2Ru/c3-1-2-4;;/h3-4H,1-2H2;;. The molecule has 0 aliphatic rings. The van der Waals surface area contributed by atoms with E-state index in [1.165, 1.54) is 0 Å². The van der Waals surface area contributed by atoms with Crippen molar-refractivity contribution in [2.24, 2.45) is 0 Å². The molecule has 4 heteroatoms. The van der Waals surface area contributed by atoms with E-state index in [2.05, 4.69) is 0 Å². The fraction of sp³-hybridized carbons (Fsp3) is 1.00. The van der Waals surface area contributed by atoms with Crippen LogP contribution in [0.1, 0.15) is 0 Å². The zero-order valence-electron chi connectivity index (χ0n) is 3.02. The Labute approximate surface area is 62.5 Å². The molecule has 0 aliphatic heterocycles. The van der Waals surface area contributed by atoms with Gasteiger partial charge in [0.15, 0.2) is 0 Å². The van der Waals surface area contributed by atoms with Crippen LogP contribution < -0.4 is 0 Å². The molecule has 0 saturated carbocycles. The Morgan fingerprint density at radius 2 is 1.00 bits per heavy atom. The number of rotatable bonds is 1. The summed E-state index contributed by atoms with van der Waals surface area (Å²) in [6, 6.07) is 0. The van der Waals surface area contributed by atoms with Crippen LogP contribution in [0.5, 0.6) is 0 Å². The van der Waals surface area contributed by atoms with Gasteiger partial charge < -0.3 is 10.2 Å². The zero-order chi connectivity index (χ0) is 3.41. The number of aliphatic hydroxyl groups excluding tert-OH is 2. The van der Waals surface area contributed by atoms with E-state index in [1.807, 2.05) is 0 Å². The van der Waals surface area contributed by atoms with Gasteiger partial charge in [0, 0.05) is 39.0 Å². The van der Waals surface area contributed by atoms with Crippen LogP contribution in [0.25, 0.3) is 0 Å². The van der Waals surface area contributed by atoms with Crippen molar-refractivity contribution >= 4 is 0 Å². The summed E-state index contributed by atoms with van der Waals surface area (Å²) >= 11 is 0. The van der Waals surface area contributed by atoms with E-state index in [4.69, 9.17) is 10.2 Å². The van der Waals surface area contributed by atoms with Crippen LogP contribution >= 0.6 is 0 Å². The van der Waals surface area contributed by atoms with E-state index >= 15 is 0 Å². The normalized spacial score (nSPS) is 5.00. The van der Waals surface area contributed by atoms with Gasteiger partial charge in [0.25, 0.3) is 0 Å². The van der Waals surface area contributed by atoms with Gasteiger partial charge in [-0.25, -0.2) is 0 Å². The topological polar surface area (TPSA) is 40.5 Å². The van der Waals surface area contributed by atoms with Crippen molar-refractivity contribution in [2.75, 3.05) is 13.2 Å². The van der Waals surface area contributed by atoms with Gasteiger partial charge in [0.05, 0.1) is 13.2 Å². The predicted octanol–water partition coefficient (Wildman–Crippen LogP) is -1.03. The maximum absolute atomic E-state index is 7.62. The zero-order valence-corrected chi connectivity index (χ0v) is 6.49. The first kappa shape index (κ1) is 15.7. The number of hydrogen-bond donors (Lipinski definition) is 2. The fourth-order valence-corrected chi connectivity index (χ4v) is 0. The SMILES string of the molecule is OCCO.[Ru].[Ru]. The number of aliphatic hydroxyl groups is 2. The molecule has 0 radical (unpaired) electrons. The van der Waals surface area contributed by atoms with Crippen molar-refractivity contribution in [1.29, 1.82) is 0 Å². The minimum absolute atomic E-state index is 0. The predicted molar refractivity (Wildman–Crippen MR) is 14.2 cm³/mol. The molecule has 0 fully saturated rings. The molecule has 6 heavy (non-hydrogen) atoms. The largest absolute Gasteiger partial charge is 0.394 e. The summed E-state index contributed by atoms with van der Waals surface area (Å²) < 4.78 is 0. The maximum Gasteiger partial charge on any atom is 0.0662 e. The summed E-state index contributed by atoms with van der Waals surface area (Å²) in [5.74, 6) is 0.